The van der Waals surface area contributed by atoms with E-state index < -0.39 is 0 Å². The summed E-state index contributed by atoms with van der Waals surface area (Å²) in [4.78, 5) is 17.9. The Kier molecular flexibility index (Phi) is 3.35. The van der Waals surface area contributed by atoms with Gasteiger partial charge in [-0.2, -0.15) is 4.98 Å². The summed E-state index contributed by atoms with van der Waals surface area (Å²) in [5.41, 5.74) is 1.57. The van der Waals surface area contributed by atoms with Crippen LogP contribution in [0.25, 0.3) is 11.4 Å². The van der Waals surface area contributed by atoms with Crippen LogP contribution in [0.3, 0.4) is 0 Å². The van der Waals surface area contributed by atoms with Crippen molar-refractivity contribution in [1.82, 2.24) is 15.1 Å². The van der Waals surface area contributed by atoms with Crippen LogP contribution in [0.2, 0.25) is 5.02 Å². The fourth-order valence-corrected chi connectivity index (χ4v) is 1.90. The molecule has 0 aliphatic rings. The van der Waals surface area contributed by atoms with E-state index in [-0.39, 0.29) is 5.56 Å². The molecule has 0 aliphatic carbocycles. The van der Waals surface area contributed by atoms with E-state index in [0.717, 1.165) is 5.56 Å². The highest BCUT2D eigenvalue weighted by molar-refractivity contribution is 6.30. The van der Waals surface area contributed by atoms with Gasteiger partial charge in [-0.25, -0.2) is 0 Å². The number of hydrogen-bond acceptors (Lipinski definition) is 4. The van der Waals surface area contributed by atoms with Crippen molar-refractivity contribution in [3.63, 3.8) is 0 Å². The fourth-order valence-electron chi connectivity index (χ4n) is 1.77. The third-order valence-electron chi connectivity index (χ3n) is 2.78. The van der Waals surface area contributed by atoms with Gasteiger partial charge in [0, 0.05) is 22.8 Å². The van der Waals surface area contributed by atoms with E-state index in [1.807, 2.05) is 24.3 Å². The molecule has 0 radical (unpaired) electrons. The number of benzene rings is 1. The van der Waals surface area contributed by atoms with Gasteiger partial charge in [0.1, 0.15) is 0 Å². The van der Waals surface area contributed by atoms with Crippen LogP contribution in [0, 0.1) is 0 Å². The number of aromatic nitrogens is 3. The number of nitrogens with one attached hydrogen (secondary N) is 1. The summed E-state index contributed by atoms with van der Waals surface area (Å²) in [6.07, 6.45) is 2.09. The van der Waals surface area contributed by atoms with Gasteiger partial charge in [0.15, 0.2) is 0 Å². The maximum atomic E-state index is 11.0. The van der Waals surface area contributed by atoms with E-state index in [0.29, 0.717) is 28.7 Å². The van der Waals surface area contributed by atoms with Gasteiger partial charge in [0.05, 0.1) is 6.42 Å². The summed E-state index contributed by atoms with van der Waals surface area (Å²) in [6, 6.07) is 10.5. The number of aromatic amines is 1. The Hall–Kier alpha value is -2.40. The van der Waals surface area contributed by atoms with E-state index in [2.05, 4.69) is 15.1 Å². The predicted molar refractivity (Wildman–Crippen MR) is 74.6 cm³/mol. The van der Waals surface area contributed by atoms with Gasteiger partial charge in [-0.15, -0.1) is 0 Å². The van der Waals surface area contributed by atoms with Gasteiger partial charge in [-0.05, 0) is 23.8 Å². The molecule has 0 bridgehead atoms. The molecule has 1 aromatic carbocycles. The largest absolute Gasteiger partial charge is 0.339 e. The number of halogens is 1. The highest BCUT2D eigenvalue weighted by Gasteiger charge is 2.09. The van der Waals surface area contributed by atoms with Gasteiger partial charge < -0.3 is 9.51 Å². The van der Waals surface area contributed by atoms with E-state index in [9.17, 15) is 4.79 Å². The molecule has 0 spiro atoms. The molecule has 20 heavy (non-hydrogen) atoms. The third-order valence-corrected chi connectivity index (χ3v) is 3.03. The van der Waals surface area contributed by atoms with Crippen molar-refractivity contribution in [2.24, 2.45) is 0 Å². The summed E-state index contributed by atoms with van der Waals surface area (Å²) in [5, 5.41) is 4.58. The Morgan fingerprint density at radius 1 is 1.15 bits per heavy atom. The zero-order chi connectivity index (χ0) is 13.9. The Labute approximate surface area is 119 Å². The molecule has 0 fully saturated rings. The number of hydrogen-bond donors (Lipinski definition) is 1. The molecular formula is C14H10ClN3O2. The van der Waals surface area contributed by atoms with Crippen molar-refractivity contribution >= 4 is 11.6 Å². The standard InChI is InChI=1S/C14H10ClN3O2/c15-11-4-1-9(2-5-11)7-13-17-14(18-20-13)10-3-6-12(19)16-8-10/h1-6,8H,7H2,(H,16,19). The molecule has 3 rings (SSSR count). The highest BCUT2D eigenvalue weighted by atomic mass is 35.5. The second-order valence-electron chi connectivity index (χ2n) is 4.26. The average Bonchev–Trinajstić information content (AvgIpc) is 2.91. The van der Waals surface area contributed by atoms with Crippen LogP contribution in [-0.4, -0.2) is 15.1 Å². The molecule has 2 aromatic heterocycles. The molecule has 100 valence electrons. The van der Waals surface area contributed by atoms with E-state index in [1.165, 1.54) is 6.07 Å². The van der Waals surface area contributed by atoms with Crippen molar-refractivity contribution < 1.29 is 4.52 Å². The number of nitrogens with zero attached hydrogens (tertiary/aromatic N) is 2. The first kappa shape index (κ1) is 12.6. The lowest BCUT2D eigenvalue weighted by Gasteiger charge is -1.96. The molecule has 2 heterocycles. The zero-order valence-corrected chi connectivity index (χ0v) is 11.1. The molecule has 6 heteroatoms. The third kappa shape index (κ3) is 2.78. The first-order chi connectivity index (χ1) is 9.70. The van der Waals surface area contributed by atoms with Crippen LogP contribution in [0.1, 0.15) is 11.5 Å². The molecule has 0 amide bonds. The van der Waals surface area contributed by atoms with Crippen LogP contribution >= 0.6 is 11.6 Å². The molecule has 5 nitrogen and oxygen atoms in total. The Balaban J connectivity index is 1.81. The second kappa shape index (κ2) is 5.30. The summed E-state index contributed by atoms with van der Waals surface area (Å²) in [6.45, 7) is 0. The van der Waals surface area contributed by atoms with Crippen molar-refractivity contribution in [3.05, 3.63) is 69.4 Å². The lowest BCUT2D eigenvalue weighted by atomic mass is 10.1. The lowest BCUT2D eigenvalue weighted by Crippen LogP contribution is -2.01. The van der Waals surface area contributed by atoms with Crippen molar-refractivity contribution in [3.8, 4) is 11.4 Å². The van der Waals surface area contributed by atoms with Crippen LogP contribution in [0.5, 0.6) is 0 Å². The summed E-state index contributed by atoms with van der Waals surface area (Å²) >= 11 is 5.83. The first-order valence-electron chi connectivity index (χ1n) is 5.97. The van der Waals surface area contributed by atoms with Crippen molar-refractivity contribution in [2.75, 3.05) is 0 Å². The minimum absolute atomic E-state index is 0.168. The maximum absolute atomic E-state index is 11.0. The smallest absolute Gasteiger partial charge is 0.247 e. The van der Waals surface area contributed by atoms with E-state index in [1.54, 1.807) is 12.3 Å². The van der Waals surface area contributed by atoms with Crippen LogP contribution in [0.4, 0.5) is 0 Å². The fraction of sp³-hybridized carbons (Fsp3) is 0.0714. The number of rotatable bonds is 3. The Bertz CT molecular complexity index is 757. The molecule has 3 aromatic rings. The van der Waals surface area contributed by atoms with Crippen LogP contribution < -0.4 is 5.56 Å². The van der Waals surface area contributed by atoms with Crippen molar-refractivity contribution in [2.45, 2.75) is 6.42 Å². The van der Waals surface area contributed by atoms with Gasteiger partial charge in [-0.3, -0.25) is 4.79 Å². The minimum atomic E-state index is -0.168. The van der Waals surface area contributed by atoms with Crippen LogP contribution in [0.15, 0.2) is 51.9 Å². The second-order valence-corrected chi connectivity index (χ2v) is 4.69. The zero-order valence-electron chi connectivity index (χ0n) is 10.3. The van der Waals surface area contributed by atoms with Crippen LogP contribution in [-0.2, 0) is 6.42 Å². The maximum Gasteiger partial charge on any atom is 0.247 e. The Morgan fingerprint density at radius 2 is 1.95 bits per heavy atom. The lowest BCUT2D eigenvalue weighted by molar-refractivity contribution is 0.385. The summed E-state index contributed by atoms with van der Waals surface area (Å²) in [5.74, 6) is 0.957. The SMILES string of the molecule is O=c1ccc(-c2noc(Cc3ccc(Cl)cc3)n2)c[nH]1. The topological polar surface area (TPSA) is 71.8 Å². The molecule has 0 atom stereocenters. The number of H-pyrrole nitrogens is 1. The van der Waals surface area contributed by atoms with Gasteiger partial charge in [-0.1, -0.05) is 28.9 Å². The van der Waals surface area contributed by atoms with Crippen molar-refractivity contribution in [1.29, 1.82) is 0 Å². The van der Waals surface area contributed by atoms with E-state index in [4.69, 9.17) is 16.1 Å². The summed E-state index contributed by atoms with van der Waals surface area (Å²) < 4.78 is 5.20. The number of pyridine rings is 1. The molecule has 0 saturated heterocycles. The first-order valence-corrected chi connectivity index (χ1v) is 6.35. The summed E-state index contributed by atoms with van der Waals surface area (Å²) in [7, 11) is 0. The predicted octanol–water partition coefficient (Wildman–Crippen LogP) is 2.67. The van der Waals surface area contributed by atoms with Gasteiger partial charge in [0.25, 0.3) is 0 Å². The van der Waals surface area contributed by atoms with Gasteiger partial charge in [0.2, 0.25) is 17.3 Å². The molecule has 0 saturated carbocycles. The molecule has 0 aliphatic heterocycles. The van der Waals surface area contributed by atoms with E-state index >= 15 is 0 Å². The highest BCUT2D eigenvalue weighted by Crippen LogP contribution is 2.16. The van der Waals surface area contributed by atoms with Gasteiger partial charge >= 0.3 is 0 Å². The molecule has 0 unspecified atom stereocenters. The Morgan fingerprint density at radius 3 is 2.65 bits per heavy atom. The monoisotopic (exact) mass is 287 g/mol. The quantitative estimate of drug-likeness (QED) is 0.804. The average molecular weight is 288 g/mol. The minimum Gasteiger partial charge on any atom is -0.339 e. The normalized spacial score (nSPS) is 10.7. The molecular weight excluding hydrogens is 278 g/mol. The molecule has 1 N–H and O–H groups in total.